The first-order valence-electron chi connectivity index (χ1n) is 5.68. The molecule has 2 aromatic rings. The Kier molecular flexibility index (Phi) is 2.56. The van der Waals surface area contributed by atoms with Crippen molar-refractivity contribution in [3.05, 3.63) is 30.0 Å². The Morgan fingerprint density at radius 1 is 1.42 bits per heavy atom. The monoisotopic (exact) mass is 277 g/mol. The van der Waals surface area contributed by atoms with Gasteiger partial charge in [0.1, 0.15) is 11.4 Å². The number of para-hydroxylation sites is 1. The lowest BCUT2D eigenvalue weighted by Gasteiger charge is -2.16. The molecule has 1 aliphatic rings. The highest BCUT2D eigenvalue weighted by Crippen LogP contribution is 2.50. The van der Waals surface area contributed by atoms with E-state index in [2.05, 4.69) is 5.16 Å². The molecule has 5 nitrogen and oxygen atoms in total. The summed E-state index contributed by atoms with van der Waals surface area (Å²) < 4.78 is 10.7. The Bertz CT molecular complexity index is 662. The van der Waals surface area contributed by atoms with E-state index < -0.39 is 5.97 Å². The molecule has 3 rings (SSSR count). The zero-order chi connectivity index (χ0) is 13.6. The first-order valence-corrected chi connectivity index (χ1v) is 6.49. The topological polar surface area (TPSA) is 72.6 Å². The van der Waals surface area contributed by atoms with Gasteiger partial charge in [-0.1, -0.05) is 23.0 Å². The van der Waals surface area contributed by atoms with Gasteiger partial charge in [-0.25, -0.2) is 4.79 Å². The summed E-state index contributed by atoms with van der Waals surface area (Å²) in [5.41, 5.74) is 1.21. The summed E-state index contributed by atoms with van der Waals surface area (Å²) in [7, 11) is 0. The number of ether oxygens (including phenoxy) is 1. The molecular weight excluding hydrogens is 266 g/mol. The molecule has 1 aliphatic heterocycles. The number of carboxylic acids is 1. The van der Waals surface area contributed by atoms with Gasteiger partial charge in [-0.3, -0.25) is 0 Å². The van der Waals surface area contributed by atoms with Crippen molar-refractivity contribution in [3.8, 4) is 17.0 Å². The van der Waals surface area contributed by atoms with Crippen LogP contribution < -0.4 is 4.74 Å². The number of carboxylic acid groups (broad SMARTS) is 1. The first kappa shape index (κ1) is 12.1. The van der Waals surface area contributed by atoms with Crippen molar-refractivity contribution in [1.82, 2.24) is 5.16 Å². The first-order chi connectivity index (χ1) is 8.96. The molecule has 0 fully saturated rings. The van der Waals surface area contributed by atoms with Crippen molar-refractivity contribution in [2.75, 3.05) is 0 Å². The Balaban J connectivity index is 2.07. The lowest BCUT2D eigenvalue weighted by Crippen LogP contribution is -2.18. The van der Waals surface area contributed by atoms with E-state index in [4.69, 9.17) is 14.4 Å². The number of fused-ring (bicyclic) bond motifs is 1. The maximum absolute atomic E-state index is 10.8. The molecule has 0 bridgehead atoms. The van der Waals surface area contributed by atoms with Crippen LogP contribution in [-0.2, 0) is 0 Å². The number of rotatable bonds is 2. The molecule has 6 heteroatoms. The van der Waals surface area contributed by atoms with Crippen LogP contribution in [0.5, 0.6) is 5.75 Å². The molecule has 0 atom stereocenters. The maximum atomic E-state index is 10.8. The number of nitrogens with zero attached hydrogens (tertiary/aromatic N) is 1. The van der Waals surface area contributed by atoms with Crippen LogP contribution in [0.25, 0.3) is 11.3 Å². The standard InChI is InChI=1S/C13H11NO4S/c1-13(2)17-11-7(4-3-5-10(11)19-13)8-6-9(12(15)16)18-14-8/h3-6H,1-2H3,(H,15,16). The summed E-state index contributed by atoms with van der Waals surface area (Å²) in [6, 6.07) is 7.10. The van der Waals surface area contributed by atoms with Crippen molar-refractivity contribution >= 4 is 17.7 Å². The smallest absolute Gasteiger partial charge is 0.374 e. The molecule has 0 saturated carbocycles. The largest absolute Gasteiger partial charge is 0.475 e. The normalized spacial score (nSPS) is 15.9. The van der Waals surface area contributed by atoms with Crippen LogP contribution in [-0.4, -0.2) is 21.2 Å². The Morgan fingerprint density at radius 2 is 2.21 bits per heavy atom. The Labute approximate surface area is 113 Å². The molecule has 0 spiro atoms. The van der Waals surface area contributed by atoms with E-state index in [1.165, 1.54) is 6.07 Å². The molecule has 0 saturated heterocycles. The average Bonchev–Trinajstić information content (AvgIpc) is 2.90. The van der Waals surface area contributed by atoms with Crippen molar-refractivity contribution in [3.63, 3.8) is 0 Å². The molecular formula is C13H11NO4S. The number of hydrogen-bond donors (Lipinski definition) is 1. The molecule has 19 heavy (non-hydrogen) atoms. The molecule has 1 aromatic carbocycles. The fourth-order valence-corrected chi connectivity index (χ4v) is 2.98. The highest BCUT2D eigenvalue weighted by atomic mass is 32.2. The average molecular weight is 277 g/mol. The Hall–Kier alpha value is -1.95. The van der Waals surface area contributed by atoms with Crippen molar-refractivity contribution in [2.24, 2.45) is 0 Å². The SMILES string of the molecule is CC1(C)Oc2c(cccc2-c2cc(C(=O)O)on2)S1. The van der Waals surface area contributed by atoms with Gasteiger partial charge in [0.25, 0.3) is 0 Å². The van der Waals surface area contributed by atoms with Crippen molar-refractivity contribution in [1.29, 1.82) is 0 Å². The van der Waals surface area contributed by atoms with Gasteiger partial charge in [-0.15, -0.1) is 0 Å². The van der Waals surface area contributed by atoms with E-state index in [1.54, 1.807) is 11.8 Å². The van der Waals surface area contributed by atoms with Crippen LogP contribution in [0.1, 0.15) is 24.4 Å². The number of thioether (sulfide) groups is 1. The molecule has 0 amide bonds. The molecule has 0 aliphatic carbocycles. The lowest BCUT2D eigenvalue weighted by atomic mass is 10.1. The van der Waals surface area contributed by atoms with Crippen molar-refractivity contribution in [2.45, 2.75) is 23.7 Å². The molecule has 0 radical (unpaired) electrons. The van der Waals surface area contributed by atoms with Crippen LogP contribution in [0.2, 0.25) is 0 Å². The van der Waals surface area contributed by atoms with E-state index in [0.717, 1.165) is 16.2 Å². The highest BCUT2D eigenvalue weighted by molar-refractivity contribution is 8.00. The van der Waals surface area contributed by atoms with Gasteiger partial charge in [0.2, 0.25) is 5.76 Å². The molecule has 0 unspecified atom stereocenters. The summed E-state index contributed by atoms with van der Waals surface area (Å²) in [4.78, 5) is 11.5. The van der Waals surface area contributed by atoms with Gasteiger partial charge < -0.3 is 14.4 Å². The third-order valence-corrected chi connectivity index (χ3v) is 3.80. The number of hydrogen-bond acceptors (Lipinski definition) is 5. The molecule has 98 valence electrons. The second-order valence-corrected chi connectivity index (χ2v) is 6.25. The molecule has 1 N–H and O–H groups in total. The van der Waals surface area contributed by atoms with Gasteiger partial charge in [-0.2, -0.15) is 0 Å². The fourth-order valence-electron chi connectivity index (χ4n) is 1.94. The van der Waals surface area contributed by atoms with E-state index in [0.29, 0.717) is 5.69 Å². The van der Waals surface area contributed by atoms with Gasteiger partial charge in [-0.05, 0) is 26.0 Å². The number of carbonyl (C=O) groups is 1. The number of benzene rings is 1. The Morgan fingerprint density at radius 3 is 2.89 bits per heavy atom. The number of aromatic nitrogens is 1. The van der Waals surface area contributed by atoms with E-state index in [9.17, 15) is 4.79 Å². The van der Waals surface area contributed by atoms with Crippen molar-refractivity contribution < 1.29 is 19.2 Å². The zero-order valence-electron chi connectivity index (χ0n) is 10.3. The van der Waals surface area contributed by atoms with Gasteiger partial charge in [0, 0.05) is 11.6 Å². The third-order valence-electron chi connectivity index (χ3n) is 2.68. The summed E-state index contributed by atoms with van der Waals surface area (Å²) in [5.74, 6) is -0.595. The summed E-state index contributed by atoms with van der Waals surface area (Å²) in [6.45, 7) is 3.96. The van der Waals surface area contributed by atoms with Gasteiger partial charge in [0.15, 0.2) is 4.93 Å². The minimum Gasteiger partial charge on any atom is -0.475 e. The predicted molar refractivity (Wildman–Crippen MR) is 69.5 cm³/mol. The van der Waals surface area contributed by atoms with Crippen LogP contribution >= 0.6 is 11.8 Å². The van der Waals surface area contributed by atoms with E-state index in [-0.39, 0.29) is 10.7 Å². The zero-order valence-corrected chi connectivity index (χ0v) is 11.2. The highest BCUT2D eigenvalue weighted by Gasteiger charge is 2.33. The minimum absolute atomic E-state index is 0.183. The van der Waals surface area contributed by atoms with E-state index >= 15 is 0 Å². The third kappa shape index (κ3) is 2.08. The molecule has 2 heterocycles. The quantitative estimate of drug-likeness (QED) is 0.908. The second kappa shape index (κ2) is 4.03. The molecule has 1 aromatic heterocycles. The number of aromatic carboxylic acids is 1. The predicted octanol–water partition coefficient (Wildman–Crippen LogP) is 3.26. The lowest BCUT2D eigenvalue weighted by molar-refractivity contribution is 0.0652. The minimum atomic E-state index is -1.14. The summed E-state index contributed by atoms with van der Waals surface area (Å²) in [6.07, 6.45) is 0. The van der Waals surface area contributed by atoms with Gasteiger partial charge in [0.05, 0.1) is 4.90 Å². The van der Waals surface area contributed by atoms with Crippen LogP contribution in [0.3, 0.4) is 0 Å². The fraction of sp³-hybridized carbons (Fsp3) is 0.231. The second-order valence-electron chi connectivity index (χ2n) is 4.62. The van der Waals surface area contributed by atoms with Crippen LogP contribution in [0.4, 0.5) is 0 Å². The van der Waals surface area contributed by atoms with Crippen LogP contribution in [0.15, 0.2) is 33.7 Å². The summed E-state index contributed by atoms with van der Waals surface area (Å²) >= 11 is 1.62. The van der Waals surface area contributed by atoms with Gasteiger partial charge >= 0.3 is 5.97 Å². The van der Waals surface area contributed by atoms with E-state index in [1.807, 2.05) is 32.0 Å². The van der Waals surface area contributed by atoms with Crippen LogP contribution in [0, 0.1) is 0 Å². The summed E-state index contributed by atoms with van der Waals surface area (Å²) in [5, 5.41) is 12.6. The maximum Gasteiger partial charge on any atom is 0.374 e.